The quantitative estimate of drug-likeness (QED) is 0.0741. The van der Waals surface area contributed by atoms with E-state index in [1.54, 1.807) is 12.1 Å². The van der Waals surface area contributed by atoms with Gasteiger partial charge in [-0.05, 0) is 30.7 Å². The van der Waals surface area contributed by atoms with Crippen molar-refractivity contribution in [3.63, 3.8) is 0 Å². The summed E-state index contributed by atoms with van der Waals surface area (Å²) in [6.45, 7) is 5.09. The van der Waals surface area contributed by atoms with Crippen molar-refractivity contribution >= 4 is 59.2 Å². The summed E-state index contributed by atoms with van der Waals surface area (Å²) in [6, 6.07) is 28.8. The molecule has 0 radical (unpaired) electrons. The van der Waals surface area contributed by atoms with E-state index in [4.69, 9.17) is 20.5 Å². The maximum atomic E-state index is 9.87. The fourth-order valence-electron chi connectivity index (χ4n) is 4.72. The SMILES string of the molecule is CC#N.CC#N.CCCCC(c1ccc2ccc3cccnc3c2n1)c1ccc2ccc3cccnc3c2n1.F[P-](F)(F)(F)(F)F.F[P-](F)(F)(F)(F)F.[Fe+2]. The maximum Gasteiger partial charge on any atom is 2.00 e. The Morgan fingerprint density at radius 1 is 0.537 bits per heavy atom. The maximum absolute atomic E-state index is 10.7. The van der Waals surface area contributed by atoms with Crippen molar-refractivity contribution in [3.8, 4) is 12.1 Å². The minimum atomic E-state index is -10.7. The second-order valence-electron chi connectivity index (χ2n) is 11.0. The number of halogens is 12. The molecule has 0 saturated carbocycles. The molecule has 0 bridgehead atoms. The second kappa shape index (κ2) is 16.5. The van der Waals surface area contributed by atoms with Crippen LogP contribution in [0, 0.1) is 22.7 Å². The van der Waals surface area contributed by atoms with Crippen LogP contribution in [0.15, 0.2) is 85.2 Å². The Morgan fingerprint density at radius 3 is 1.11 bits per heavy atom. The van der Waals surface area contributed by atoms with E-state index in [1.165, 1.54) is 13.8 Å². The fourth-order valence-corrected chi connectivity index (χ4v) is 4.72. The summed E-state index contributed by atoms with van der Waals surface area (Å²) in [4.78, 5) is 19.6. The largest absolute Gasteiger partial charge is 2.00 e. The van der Waals surface area contributed by atoms with Gasteiger partial charge in [-0.2, -0.15) is 10.5 Å². The number of hydrogen-bond donors (Lipinski definition) is 0. The van der Waals surface area contributed by atoms with Crippen molar-refractivity contribution in [2.45, 2.75) is 46.0 Å². The first kappa shape index (κ1) is 47.6. The molecule has 0 aliphatic carbocycles. The molecule has 0 unspecified atom stereocenters. The van der Waals surface area contributed by atoms with Gasteiger partial charge in [-0.3, -0.25) is 9.97 Å². The Balaban J connectivity index is 0.000000579. The summed E-state index contributed by atoms with van der Waals surface area (Å²) in [5, 5.41) is 19.1. The number of nitriles is 2. The smallest absolute Gasteiger partial charge is 2.00 e. The van der Waals surface area contributed by atoms with E-state index in [-0.39, 0.29) is 23.0 Å². The van der Waals surface area contributed by atoms with Gasteiger partial charge >= 0.3 is 83.0 Å². The average molecular weight is 856 g/mol. The molecule has 6 nitrogen and oxygen atoms in total. The van der Waals surface area contributed by atoms with Crippen molar-refractivity contribution in [1.82, 2.24) is 19.9 Å². The van der Waals surface area contributed by atoms with E-state index in [0.717, 1.165) is 74.3 Å². The van der Waals surface area contributed by atoms with Crippen molar-refractivity contribution in [2.75, 3.05) is 0 Å². The Hall–Kier alpha value is -4.40. The average Bonchev–Trinajstić information content (AvgIpc) is 3.02. The van der Waals surface area contributed by atoms with Crippen LogP contribution >= 0.6 is 15.6 Å². The van der Waals surface area contributed by atoms with Crippen LogP contribution in [-0.2, 0) is 17.1 Å². The molecule has 4 aromatic heterocycles. The molecule has 21 heteroatoms. The number of nitrogens with zero attached hydrogens (tertiary/aromatic N) is 6. The number of hydrogen-bond acceptors (Lipinski definition) is 6. The van der Waals surface area contributed by atoms with Gasteiger partial charge in [0.2, 0.25) is 0 Å². The molecule has 0 saturated heterocycles. The van der Waals surface area contributed by atoms with Gasteiger partial charge in [0.05, 0.1) is 45.6 Å². The van der Waals surface area contributed by atoms with Gasteiger partial charge in [0.1, 0.15) is 0 Å². The Kier molecular flexibility index (Phi) is 14.6. The number of benzene rings is 2. The van der Waals surface area contributed by atoms with Gasteiger partial charge in [0.15, 0.2) is 0 Å². The first-order valence-corrected chi connectivity index (χ1v) is 19.1. The summed E-state index contributed by atoms with van der Waals surface area (Å²) >= 11 is 0. The first-order valence-electron chi connectivity index (χ1n) is 15.1. The summed E-state index contributed by atoms with van der Waals surface area (Å²) < 4.78 is 118. The van der Waals surface area contributed by atoms with E-state index in [9.17, 15) is 50.4 Å². The van der Waals surface area contributed by atoms with Crippen LogP contribution in [0.3, 0.4) is 0 Å². The molecule has 2 aromatic carbocycles. The Morgan fingerprint density at radius 2 is 0.815 bits per heavy atom. The minimum absolute atomic E-state index is 0. The topological polar surface area (TPSA) is 99.1 Å². The molecule has 0 amide bonds. The van der Waals surface area contributed by atoms with Crippen LogP contribution in [0.25, 0.3) is 43.6 Å². The van der Waals surface area contributed by atoms with Crippen LogP contribution in [0.2, 0.25) is 0 Å². The minimum Gasteiger partial charge on any atom is 2.00 e. The number of fused-ring (bicyclic) bond motifs is 6. The third-order valence-corrected chi connectivity index (χ3v) is 6.47. The summed E-state index contributed by atoms with van der Waals surface area (Å²) in [5.41, 5.74) is 5.92. The number of aromatic nitrogens is 4. The molecule has 4 heterocycles. The molecule has 0 aliphatic heterocycles. The first-order chi connectivity index (χ1) is 24.0. The second-order valence-corrected chi connectivity index (χ2v) is 14.8. The summed E-state index contributed by atoms with van der Waals surface area (Å²) in [6.07, 6.45) is 6.93. The molecule has 54 heavy (non-hydrogen) atoms. The molecular formula is C33H30F12FeN6P2. The molecule has 0 N–H and O–H groups in total. The molecule has 294 valence electrons. The van der Waals surface area contributed by atoms with Crippen LogP contribution in [0.4, 0.5) is 50.4 Å². The molecule has 0 spiro atoms. The van der Waals surface area contributed by atoms with Crippen molar-refractivity contribution in [1.29, 1.82) is 10.5 Å². The van der Waals surface area contributed by atoms with E-state index >= 15 is 0 Å². The zero-order valence-electron chi connectivity index (χ0n) is 28.2. The van der Waals surface area contributed by atoms with Gasteiger partial charge in [-0.25, -0.2) is 9.97 Å². The van der Waals surface area contributed by atoms with Crippen molar-refractivity contribution in [3.05, 3.63) is 96.6 Å². The van der Waals surface area contributed by atoms with Crippen LogP contribution in [-0.4, -0.2) is 19.9 Å². The zero-order chi connectivity index (χ0) is 40.4. The molecule has 0 aliphatic rings. The van der Waals surface area contributed by atoms with Gasteiger partial charge in [0.25, 0.3) is 0 Å². The summed E-state index contributed by atoms with van der Waals surface area (Å²) in [7, 11) is -21.3. The van der Waals surface area contributed by atoms with Crippen LogP contribution < -0.4 is 0 Å². The van der Waals surface area contributed by atoms with E-state index in [0.29, 0.717) is 0 Å². The van der Waals surface area contributed by atoms with Crippen LogP contribution in [0.5, 0.6) is 0 Å². The standard InChI is InChI=1S/C29H24N4.2C2H3N.2F6P.Fe/c1-2-3-8-23(24-15-13-21-11-9-19-6-4-17-30-26(19)28(21)32-24)25-16-14-22-12-10-20-7-5-18-31-27(20)29(22)33-25;2*1-2-3;2*1-7(2,3,4,5)6;/h4-7,9-18,23H,2-3,8H2,1H3;2*1H3;;;/q;;;2*-1;+2. The van der Waals surface area contributed by atoms with Gasteiger partial charge in [-0.15, -0.1) is 0 Å². The van der Waals surface area contributed by atoms with Crippen molar-refractivity contribution in [2.24, 2.45) is 0 Å². The van der Waals surface area contributed by atoms with Gasteiger partial charge < -0.3 is 0 Å². The van der Waals surface area contributed by atoms with E-state index < -0.39 is 15.6 Å². The van der Waals surface area contributed by atoms with E-state index in [1.807, 2.05) is 24.5 Å². The predicted octanol–water partition coefficient (Wildman–Crippen LogP) is 15.0. The van der Waals surface area contributed by atoms with Gasteiger partial charge in [0, 0.05) is 53.7 Å². The fraction of sp³-hybridized carbons (Fsp3) is 0.212. The molecule has 6 rings (SSSR count). The van der Waals surface area contributed by atoms with Crippen molar-refractivity contribution < 1.29 is 67.4 Å². The van der Waals surface area contributed by atoms with Gasteiger partial charge in [-0.1, -0.05) is 68.3 Å². The molecular weight excluding hydrogens is 826 g/mol. The third kappa shape index (κ3) is 19.1. The Bertz CT molecular complexity index is 2120. The molecule has 6 aromatic rings. The number of pyridine rings is 4. The van der Waals surface area contributed by atoms with Crippen LogP contribution in [0.1, 0.15) is 57.3 Å². The number of unbranched alkanes of at least 4 members (excludes halogenated alkanes) is 1. The Labute approximate surface area is 311 Å². The monoisotopic (exact) mass is 856 g/mol. The molecule has 0 atom stereocenters. The molecule has 0 fully saturated rings. The normalized spacial score (nSPS) is 13.5. The predicted molar refractivity (Wildman–Crippen MR) is 185 cm³/mol. The van der Waals surface area contributed by atoms with E-state index in [2.05, 4.69) is 77.6 Å². The summed E-state index contributed by atoms with van der Waals surface area (Å²) in [5.74, 6) is 0.122. The zero-order valence-corrected chi connectivity index (χ0v) is 31.1. The third-order valence-electron chi connectivity index (χ3n) is 6.47. The number of rotatable bonds is 5.